The largest absolute Gasteiger partial charge is 0.444 e. The van der Waals surface area contributed by atoms with Gasteiger partial charge in [0.1, 0.15) is 28.5 Å². The predicted molar refractivity (Wildman–Crippen MR) is 167 cm³/mol. The molecule has 0 spiro atoms. The minimum absolute atomic E-state index is 0.0116. The quantitative estimate of drug-likeness (QED) is 0.0919. The zero-order chi connectivity index (χ0) is 33.1. The van der Waals surface area contributed by atoms with Crippen molar-refractivity contribution in [3.8, 4) is 5.75 Å². The van der Waals surface area contributed by atoms with Crippen LogP contribution in [0, 0.1) is 11.8 Å². The molecule has 3 atom stereocenters. The van der Waals surface area contributed by atoms with E-state index in [0.717, 1.165) is 24.7 Å². The van der Waals surface area contributed by atoms with E-state index in [4.69, 9.17) is 23.4 Å². The number of nitrogens with one attached hydrogen (secondary N) is 1. The normalized spacial score (nSPS) is 19.3. The van der Waals surface area contributed by atoms with E-state index < -0.39 is 28.3 Å². The molecule has 3 unspecified atom stereocenters. The first-order valence-electron chi connectivity index (χ1n) is 14.8. The van der Waals surface area contributed by atoms with E-state index in [9.17, 15) is 19.2 Å². The van der Waals surface area contributed by atoms with Crippen LogP contribution in [0.4, 0.5) is 14.4 Å². The lowest BCUT2D eigenvalue weighted by Crippen LogP contribution is -2.43. The first-order chi connectivity index (χ1) is 20.3. The van der Waals surface area contributed by atoms with Crippen LogP contribution in [0.5, 0.6) is 5.75 Å². The van der Waals surface area contributed by atoms with E-state index in [1.165, 1.54) is 0 Å². The van der Waals surface area contributed by atoms with E-state index in [1.54, 1.807) is 42.7 Å². The van der Waals surface area contributed by atoms with Crippen molar-refractivity contribution < 1.29 is 42.6 Å². The SMILES string of the molecule is CC(C)(C)OC(=O)N1CCC(C=O)C1.CC(C)(C)OC(=O)NC(SOOc1ccccc1)C1CCN(C(=O)OC(C)(C)C)C1. The van der Waals surface area contributed by atoms with E-state index in [2.05, 4.69) is 5.32 Å². The van der Waals surface area contributed by atoms with Crippen LogP contribution >= 0.6 is 12.0 Å². The third kappa shape index (κ3) is 14.5. The molecule has 1 aromatic rings. The number of aldehydes is 1. The van der Waals surface area contributed by atoms with Crippen molar-refractivity contribution in [1.29, 1.82) is 0 Å². The molecule has 0 radical (unpaired) electrons. The van der Waals surface area contributed by atoms with Crippen LogP contribution in [0.1, 0.15) is 75.2 Å². The molecule has 3 rings (SSSR count). The second-order valence-electron chi connectivity index (χ2n) is 13.7. The van der Waals surface area contributed by atoms with Gasteiger partial charge in [-0.1, -0.05) is 18.2 Å². The summed E-state index contributed by atoms with van der Waals surface area (Å²) in [4.78, 5) is 55.2. The molecule has 12 nitrogen and oxygen atoms in total. The zero-order valence-corrected chi connectivity index (χ0v) is 28.2. The molecular weight excluding hydrogens is 590 g/mol. The van der Waals surface area contributed by atoms with Crippen molar-refractivity contribution in [2.24, 2.45) is 11.8 Å². The van der Waals surface area contributed by atoms with Gasteiger partial charge < -0.3 is 39.0 Å². The Morgan fingerprint density at radius 2 is 1.34 bits per heavy atom. The minimum Gasteiger partial charge on any atom is -0.444 e. The van der Waals surface area contributed by atoms with Gasteiger partial charge in [-0.3, -0.25) is 0 Å². The van der Waals surface area contributed by atoms with Crippen LogP contribution in [-0.2, 0) is 23.3 Å². The monoisotopic (exact) mass is 639 g/mol. The lowest BCUT2D eigenvalue weighted by atomic mass is 10.1. The van der Waals surface area contributed by atoms with Crippen LogP contribution in [0.3, 0.4) is 0 Å². The van der Waals surface area contributed by atoms with E-state index in [1.807, 2.05) is 59.7 Å². The molecule has 0 aromatic heterocycles. The number of nitrogens with zero attached hydrogens (tertiary/aromatic N) is 2. The smallest absolute Gasteiger partial charge is 0.410 e. The van der Waals surface area contributed by atoms with Gasteiger partial charge in [-0.2, -0.15) is 0 Å². The molecule has 1 aromatic carbocycles. The molecule has 2 fully saturated rings. The Morgan fingerprint density at radius 1 is 0.818 bits per heavy atom. The molecule has 2 aliphatic rings. The predicted octanol–water partition coefficient (Wildman–Crippen LogP) is 6.20. The van der Waals surface area contributed by atoms with Gasteiger partial charge in [-0.05, 0) is 87.3 Å². The van der Waals surface area contributed by atoms with Gasteiger partial charge in [0.15, 0.2) is 5.75 Å². The number of para-hydroxylation sites is 1. The summed E-state index contributed by atoms with van der Waals surface area (Å²) in [7, 11) is 0. The Bertz CT molecular complexity index is 1080. The standard InChI is InChI=1S/C21H32N2O6S.C10H17NO3/c1-20(2,3)26-18(24)22-17(30-29-28-16-10-8-7-9-11-16)15-12-13-23(14-15)19(25)27-21(4,5)6;1-10(2,3)14-9(13)11-5-4-8(6-11)7-12/h7-11,15,17H,12-14H2,1-6H3,(H,22,24);7-8H,4-6H2,1-3H3. The van der Waals surface area contributed by atoms with Crippen molar-refractivity contribution in [3.63, 3.8) is 0 Å². The zero-order valence-electron chi connectivity index (χ0n) is 27.4. The van der Waals surface area contributed by atoms with E-state index >= 15 is 0 Å². The number of likely N-dealkylation sites (tertiary alicyclic amines) is 2. The summed E-state index contributed by atoms with van der Waals surface area (Å²) in [6.07, 6.45) is 1.10. The Balaban J connectivity index is 0.000000402. The fourth-order valence-corrected chi connectivity index (χ4v) is 4.87. The van der Waals surface area contributed by atoms with Gasteiger partial charge in [0, 0.05) is 38.0 Å². The molecule has 2 aliphatic heterocycles. The summed E-state index contributed by atoms with van der Waals surface area (Å²) in [6.45, 7) is 18.5. The summed E-state index contributed by atoms with van der Waals surface area (Å²) in [6, 6.07) is 9.05. The third-order valence-electron chi connectivity index (χ3n) is 6.05. The average Bonchev–Trinajstić information content (AvgIpc) is 3.57. The van der Waals surface area contributed by atoms with Gasteiger partial charge in [0.05, 0.1) is 12.0 Å². The lowest BCUT2D eigenvalue weighted by molar-refractivity contribution is -0.110. The number of alkyl carbamates (subject to hydrolysis) is 1. The molecule has 13 heteroatoms. The average molecular weight is 640 g/mol. The van der Waals surface area contributed by atoms with Gasteiger partial charge >= 0.3 is 18.3 Å². The number of rotatable bonds is 7. The summed E-state index contributed by atoms with van der Waals surface area (Å²) in [5, 5.41) is 2.35. The highest BCUT2D eigenvalue weighted by Crippen LogP contribution is 2.29. The molecule has 2 heterocycles. The van der Waals surface area contributed by atoms with Crippen molar-refractivity contribution in [3.05, 3.63) is 30.3 Å². The van der Waals surface area contributed by atoms with Crippen LogP contribution in [0.2, 0.25) is 0 Å². The summed E-state index contributed by atoms with van der Waals surface area (Å²) >= 11 is 0.982. The second-order valence-corrected chi connectivity index (χ2v) is 14.6. The molecule has 0 saturated carbocycles. The maximum Gasteiger partial charge on any atom is 0.410 e. The third-order valence-corrected chi connectivity index (χ3v) is 6.91. The highest BCUT2D eigenvalue weighted by atomic mass is 32.2. The Kier molecular flexibility index (Phi) is 13.6. The fourth-order valence-electron chi connectivity index (χ4n) is 4.14. The number of carbonyl (C=O) groups is 4. The number of carbonyl (C=O) groups excluding carboxylic acids is 4. The van der Waals surface area contributed by atoms with Crippen molar-refractivity contribution in [2.45, 2.75) is 97.3 Å². The fraction of sp³-hybridized carbons (Fsp3) is 0.677. The summed E-state index contributed by atoms with van der Waals surface area (Å²) in [5.41, 5.74) is -1.65. The van der Waals surface area contributed by atoms with Crippen LogP contribution in [0.25, 0.3) is 0 Å². The highest BCUT2D eigenvalue weighted by Gasteiger charge is 2.37. The molecule has 248 valence electrons. The first kappa shape index (κ1) is 37.0. The van der Waals surface area contributed by atoms with Crippen molar-refractivity contribution in [1.82, 2.24) is 15.1 Å². The summed E-state index contributed by atoms with van der Waals surface area (Å²) < 4.78 is 21.3. The number of amides is 3. The maximum atomic E-state index is 12.4. The molecule has 44 heavy (non-hydrogen) atoms. The lowest BCUT2D eigenvalue weighted by Gasteiger charge is -2.27. The minimum atomic E-state index is -0.626. The van der Waals surface area contributed by atoms with Crippen LogP contribution in [0.15, 0.2) is 30.3 Å². The molecule has 0 aliphatic carbocycles. The molecule has 0 bridgehead atoms. The Hall–Kier alpha value is -3.19. The van der Waals surface area contributed by atoms with E-state index in [0.29, 0.717) is 38.3 Å². The number of ether oxygens (including phenoxy) is 3. The van der Waals surface area contributed by atoms with Gasteiger partial charge in [-0.25, -0.2) is 14.4 Å². The van der Waals surface area contributed by atoms with Crippen molar-refractivity contribution in [2.75, 3.05) is 26.2 Å². The Labute approximate surface area is 265 Å². The van der Waals surface area contributed by atoms with Crippen molar-refractivity contribution >= 4 is 36.6 Å². The Morgan fingerprint density at radius 3 is 1.84 bits per heavy atom. The van der Waals surface area contributed by atoms with Gasteiger partial charge in [0.25, 0.3) is 0 Å². The van der Waals surface area contributed by atoms with E-state index in [-0.39, 0.29) is 24.0 Å². The number of hydrogen-bond acceptors (Lipinski definition) is 10. The highest BCUT2D eigenvalue weighted by molar-refractivity contribution is 7.95. The molecule has 1 N–H and O–H groups in total. The van der Waals surface area contributed by atoms with Gasteiger partial charge in [0.2, 0.25) is 0 Å². The van der Waals surface area contributed by atoms with Crippen LogP contribution in [-0.4, -0.2) is 82.7 Å². The molecular formula is C31H49N3O9S. The van der Waals surface area contributed by atoms with Gasteiger partial charge in [-0.15, -0.1) is 4.33 Å². The summed E-state index contributed by atoms with van der Waals surface area (Å²) in [5.74, 6) is 0.472. The van der Waals surface area contributed by atoms with Crippen LogP contribution < -0.4 is 10.2 Å². The topological polar surface area (TPSA) is 133 Å². The number of benzene rings is 1. The first-order valence-corrected chi connectivity index (χ1v) is 15.6. The maximum absolute atomic E-state index is 12.4. The molecule has 2 saturated heterocycles. The molecule has 3 amide bonds. The second kappa shape index (κ2) is 16.2. The number of hydrogen-bond donors (Lipinski definition) is 1.